The molecule has 1 N–H and O–H groups in total. The van der Waals surface area contributed by atoms with Crippen molar-refractivity contribution in [2.24, 2.45) is 0 Å². The second kappa shape index (κ2) is 6.88. The number of benzene rings is 1. The fourth-order valence-electron chi connectivity index (χ4n) is 3.61. The van der Waals surface area contributed by atoms with Crippen LogP contribution in [0.2, 0.25) is 0 Å². The van der Waals surface area contributed by atoms with Crippen LogP contribution in [0.25, 0.3) is 11.4 Å². The maximum absolute atomic E-state index is 13.1. The molecule has 1 aromatic carbocycles. The number of rotatable bonds is 5. The van der Waals surface area contributed by atoms with Gasteiger partial charge in [-0.15, -0.1) is 0 Å². The Labute approximate surface area is 167 Å². The first-order chi connectivity index (χ1) is 13.8. The zero-order chi connectivity index (χ0) is 20.8. The van der Waals surface area contributed by atoms with E-state index in [4.69, 9.17) is 8.94 Å². The van der Waals surface area contributed by atoms with Gasteiger partial charge >= 0.3 is 6.03 Å². The average Bonchev–Trinajstić information content (AvgIpc) is 3.36. The summed E-state index contributed by atoms with van der Waals surface area (Å²) in [6.45, 7) is 7.21. The molecule has 0 saturated carbocycles. The third kappa shape index (κ3) is 3.20. The molecule has 0 bridgehead atoms. The summed E-state index contributed by atoms with van der Waals surface area (Å²) in [5, 5.41) is 6.73. The third-order valence-electron chi connectivity index (χ3n) is 5.24. The summed E-state index contributed by atoms with van der Waals surface area (Å²) in [6, 6.07) is 9.10. The van der Waals surface area contributed by atoms with Crippen LogP contribution in [0, 0.1) is 13.8 Å². The van der Waals surface area contributed by atoms with Gasteiger partial charge in [-0.1, -0.05) is 36.3 Å². The molecule has 3 heterocycles. The van der Waals surface area contributed by atoms with Gasteiger partial charge in [-0.05, 0) is 38.8 Å². The fourth-order valence-corrected chi connectivity index (χ4v) is 3.61. The SMILES string of the molecule is CCc1ccc(-c2noc(CN3C(=O)NC(C)(c4cc(C)oc4C)C3=O)n2)cc1. The largest absolute Gasteiger partial charge is 0.466 e. The Bertz CT molecular complexity index is 1080. The molecule has 3 amide bonds. The van der Waals surface area contributed by atoms with Crippen LogP contribution in [-0.2, 0) is 23.3 Å². The van der Waals surface area contributed by atoms with Crippen molar-refractivity contribution in [1.82, 2.24) is 20.4 Å². The lowest BCUT2D eigenvalue weighted by Crippen LogP contribution is -2.41. The minimum Gasteiger partial charge on any atom is -0.466 e. The van der Waals surface area contributed by atoms with Crippen molar-refractivity contribution in [3.8, 4) is 11.4 Å². The number of hydrogen-bond acceptors (Lipinski definition) is 6. The Hall–Kier alpha value is -3.42. The predicted octanol–water partition coefficient (Wildman–Crippen LogP) is 3.48. The number of aromatic nitrogens is 2. The molecule has 0 aliphatic carbocycles. The molecule has 1 saturated heterocycles. The minimum absolute atomic E-state index is 0.101. The molecular weight excluding hydrogens is 372 g/mol. The van der Waals surface area contributed by atoms with Crippen LogP contribution in [0.1, 0.15) is 42.4 Å². The zero-order valence-corrected chi connectivity index (χ0v) is 16.8. The Morgan fingerprint density at radius 1 is 1.17 bits per heavy atom. The molecule has 8 nitrogen and oxygen atoms in total. The van der Waals surface area contributed by atoms with Crippen molar-refractivity contribution >= 4 is 11.9 Å². The molecule has 4 rings (SSSR count). The highest BCUT2D eigenvalue weighted by atomic mass is 16.5. The summed E-state index contributed by atoms with van der Waals surface area (Å²) in [5.41, 5.74) is 1.46. The monoisotopic (exact) mass is 394 g/mol. The quantitative estimate of drug-likeness (QED) is 0.665. The molecule has 1 atom stereocenters. The number of furan rings is 1. The first-order valence-corrected chi connectivity index (χ1v) is 9.45. The minimum atomic E-state index is -1.20. The first-order valence-electron chi connectivity index (χ1n) is 9.45. The number of carbonyl (C=O) groups excluding carboxylic acids is 2. The van der Waals surface area contributed by atoms with Crippen LogP contribution in [-0.4, -0.2) is 27.0 Å². The lowest BCUT2D eigenvalue weighted by Gasteiger charge is -2.20. The molecule has 1 unspecified atom stereocenters. The van der Waals surface area contributed by atoms with E-state index >= 15 is 0 Å². The first kappa shape index (κ1) is 18.9. The van der Waals surface area contributed by atoms with E-state index < -0.39 is 17.5 Å². The smallest absolute Gasteiger partial charge is 0.325 e. The maximum Gasteiger partial charge on any atom is 0.325 e. The van der Waals surface area contributed by atoms with Crippen LogP contribution in [0.5, 0.6) is 0 Å². The van der Waals surface area contributed by atoms with Crippen LogP contribution >= 0.6 is 0 Å². The molecule has 8 heteroatoms. The number of carbonyl (C=O) groups is 2. The second-order valence-electron chi connectivity index (χ2n) is 7.34. The molecule has 3 aromatic rings. The van der Waals surface area contributed by atoms with E-state index in [-0.39, 0.29) is 12.4 Å². The van der Waals surface area contributed by atoms with Gasteiger partial charge in [0.15, 0.2) is 0 Å². The summed E-state index contributed by atoms with van der Waals surface area (Å²) < 4.78 is 10.8. The van der Waals surface area contributed by atoms with Crippen molar-refractivity contribution in [3.63, 3.8) is 0 Å². The van der Waals surface area contributed by atoms with Gasteiger partial charge in [-0.3, -0.25) is 9.69 Å². The van der Waals surface area contributed by atoms with Gasteiger partial charge in [0, 0.05) is 11.1 Å². The van der Waals surface area contributed by atoms with E-state index in [1.54, 1.807) is 26.8 Å². The van der Waals surface area contributed by atoms with Crippen molar-refractivity contribution < 1.29 is 18.5 Å². The highest BCUT2D eigenvalue weighted by Gasteiger charge is 2.51. The molecule has 0 spiro atoms. The van der Waals surface area contributed by atoms with E-state index in [2.05, 4.69) is 22.4 Å². The van der Waals surface area contributed by atoms with Gasteiger partial charge in [0.1, 0.15) is 23.6 Å². The normalized spacial score (nSPS) is 19.1. The van der Waals surface area contributed by atoms with Crippen molar-refractivity contribution in [3.05, 3.63) is 58.9 Å². The Morgan fingerprint density at radius 2 is 1.90 bits per heavy atom. The van der Waals surface area contributed by atoms with E-state index in [0.29, 0.717) is 22.9 Å². The highest BCUT2D eigenvalue weighted by Crippen LogP contribution is 2.33. The lowest BCUT2D eigenvalue weighted by molar-refractivity contribution is -0.131. The van der Waals surface area contributed by atoms with E-state index in [1.165, 1.54) is 5.56 Å². The molecule has 1 fully saturated rings. The molecule has 1 aliphatic heterocycles. The average molecular weight is 394 g/mol. The number of imide groups is 1. The number of aryl methyl sites for hydroxylation is 3. The van der Waals surface area contributed by atoms with Gasteiger partial charge in [-0.25, -0.2) is 4.79 Å². The number of urea groups is 1. The number of nitrogens with one attached hydrogen (secondary N) is 1. The van der Waals surface area contributed by atoms with Gasteiger partial charge in [0.2, 0.25) is 11.7 Å². The zero-order valence-electron chi connectivity index (χ0n) is 16.8. The summed E-state index contributed by atoms with van der Waals surface area (Å²) >= 11 is 0. The van der Waals surface area contributed by atoms with E-state index in [1.807, 2.05) is 24.3 Å². The topological polar surface area (TPSA) is 101 Å². The van der Waals surface area contributed by atoms with Crippen LogP contribution in [0.15, 0.2) is 39.3 Å². The van der Waals surface area contributed by atoms with Crippen LogP contribution in [0.4, 0.5) is 4.79 Å². The van der Waals surface area contributed by atoms with Crippen LogP contribution < -0.4 is 5.32 Å². The summed E-state index contributed by atoms with van der Waals surface area (Å²) in [4.78, 5) is 31.0. The Morgan fingerprint density at radius 3 is 2.52 bits per heavy atom. The highest BCUT2D eigenvalue weighted by molar-refractivity contribution is 6.07. The van der Waals surface area contributed by atoms with E-state index in [0.717, 1.165) is 16.9 Å². The molecule has 29 heavy (non-hydrogen) atoms. The van der Waals surface area contributed by atoms with Crippen molar-refractivity contribution in [2.45, 2.75) is 46.2 Å². The van der Waals surface area contributed by atoms with Gasteiger partial charge in [0.25, 0.3) is 5.91 Å². The van der Waals surface area contributed by atoms with Crippen molar-refractivity contribution in [2.75, 3.05) is 0 Å². The predicted molar refractivity (Wildman–Crippen MR) is 104 cm³/mol. The van der Waals surface area contributed by atoms with E-state index in [9.17, 15) is 9.59 Å². The standard InChI is InChI=1S/C21H22N4O4/c1-5-14-6-8-15(9-7-14)18-22-17(29-24-18)11-25-19(26)21(4,23-20(25)27)16-10-12(2)28-13(16)3/h6-10H,5,11H2,1-4H3,(H,23,27). The molecule has 1 aliphatic rings. The summed E-state index contributed by atoms with van der Waals surface area (Å²) in [5.74, 6) is 1.48. The Kier molecular flexibility index (Phi) is 4.49. The van der Waals surface area contributed by atoms with Crippen molar-refractivity contribution in [1.29, 1.82) is 0 Å². The van der Waals surface area contributed by atoms with Gasteiger partial charge in [-0.2, -0.15) is 4.98 Å². The fraction of sp³-hybridized carbons (Fsp3) is 0.333. The van der Waals surface area contributed by atoms with Gasteiger partial charge in [0.05, 0.1) is 0 Å². The number of amides is 3. The second-order valence-corrected chi connectivity index (χ2v) is 7.34. The lowest BCUT2D eigenvalue weighted by atomic mass is 9.92. The molecule has 150 valence electrons. The van der Waals surface area contributed by atoms with Gasteiger partial charge < -0.3 is 14.3 Å². The maximum atomic E-state index is 13.1. The number of nitrogens with zero attached hydrogens (tertiary/aromatic N) is 3. The molecule has 0 radical (unpaired) electrons. The number of hydrogen-bond donors (Lipinski definition) is 1. The Balaban J connectivity index is 1.55. The summed E-state index contributed by atoms with van der Waals surface area (Å²) in [7, 11) is 0. The summed E-state index contributed by atoms with van der Waals surface area (Å²) in [6.07, 6.45) is 0.943. The molecule has 2 aromatic heterocycles. The third-order valence-corrected chi connectivity index (χ3v) is 5.24. The molecular formula is C21H22N4O4. The van der Waals surface area contributed by atoms with Crippen LogP contribution in [0.3, 0.4) is 0 Å².